The van der Waals surface area contributed by atoms with Crippen molar-refractivity contribution in [1.82, 2.24) is 14.5 Å². The van der Waals surface area contributed by atoms with Gasteiger partial charge in [0.05, 0.1) is 15.8 Å². The zero-order valence-electron chi connectivity index (χ0n) is 15.8. The summed E-state index contributed by atoms with van der Waals surface area (Å²) < 4.78 is 29.2. The Balaban J connectivity index is 1.60. The number of sulfonamides is 1. The number of nitrogen functional groups attached to an aromatic ring is 1. The van der Waals surface area contributed by atoms with Gasteiger partial charge in [-0.15, -0.1) is 0 Å². The number of anilines is 2. The molecule has 0 spiro atoms. The Morgan fingerprint density at radius 2 is 1.74 bits per heavy atom. The molecule has 0 atom stereocenters. The quantitative estimate of drug-likeness (QED) is 0.454. The minimum atomic E-state index is -3.68. The molecule has 2 heterocycles. The number of nitrogens with two attached hydrogens (primary N) is 1. The highest BCUT2D eigenvalue weighted by atomic mass is 35.5. The second-order valence-corrected chi connectivity index (χ2v) is 9.20. The highest BCUT2D eigenvalue weighted by Crippen LogP contribution is 2.24. The number of aromatic nitrogens is 3. The maximum absolute atomic E-state index is 12.5. The summed E-state index contributed by atoms with van der Waals surface area (Å²) in [5.74, 6) is -0.164. The molecule has 0 bridgehead atoms. The summed E-state index contributed by atoms with van der Waals surface area (Å²) in [5, 5.41) is 0.862. The minimum absolute atomic E-state index is 0.0935. The molecule has 0 aliphatic rings. The van der Waals surface area contributed by atoms with Crippen molar-refractivity contribution in [2.45, 2.75) is 5.75 Å². The van der Waals surface area contributed by atoms with E-state index in [1.807, 2.05) is 0 Å². The summed E-state index contributed by atoms with van der Waals surface area (Å²) in [5.41, 5.74) is 7.45. The molecule has 0 saturated heterocycles. The van der Waals surface area contributed by atoms with Crippen molar-refractivity contribution in [2.75, 3.05) is 10.5 Å². The van der Waals surface area contributed by atoms with Crippen LogP contribution in [0.2, 0.25) is 10.0 Å². The first kappa shape index (κ1) is 21.1. The average molecular weight is 476 g/mol. The van der Waals surface area contributed by atoms with Crippen LogP contribution in [0.15, 0.2) is 65.8 Å². The molecule has 0 unspecified atom stereocenters. The second-order valence-electron chi connectivity index (χ2n) is 6.66. The third kappa shape index (κ3) is 4.48. The van der Waals surface area contributed by atoms with Gasteiger partial charge in [-0.3, -0.25) is 9.52 Å². The Morgan fingerprint density at radius 3 is 2.45 bits per heavy atom. The van der Waals surface area contributed by atoms with E-state index in [4.69, 9.17) is 28.9 Å². The van der Waals surface area contributed by atoms with Crippen molar-refractivity contribution < 1.29 is 8.42 Å². The normalized spacial score (nSPS) is 11.5. The van der Waals surface area contributed by atoms with Gasteiger partial charge in [0.1, 0.15) is 17.5 Å². The summed E-state index contributed by atoms with van der Waals surface area (Å²) in [6.45, 7) is 0. The van der Waals surface area contributed by atoms with E-state index in [2.05, 4.69) is 14.7 Å². The number of pyridine rings is 1. The SMILES string of the molecule is Nc1ncnc2c1c(=O)ccn2-c1ccc(NS(=O)(=O)Cc2ccc(Cl)c(Cl)c2)cc1. The monoisotopic (exact) mass is 475 g/mol. The molecule has 2 aromatic carbocycles. The van der Waals surface area contributed by atoms with Gasteiger partial charge >= 0.3 is 0 Å². The molecule has 0 saturated carbocycles. The van der Waals surface area contributed by atoms with Crippen LogP contribution in [-0.4, -0.2) is 23.0 Å². The molecule has 0 aliphatic carbocycles. The number of rotatable bonds is 5. The Labute approximate surface area is 187 Å². The van der Waals surface area contributed by atoms with Crippen LogP contribution in [0.1, 0.15) is 5.56 Å². The molecule has 3 N–H and O–H groups in total. The zero-order valence-corrected chi connectivity index (χ0v) is 18.1. The summed E-state index contributed by atoms with van der Waals surface area (Å²) in [6, 6.07) is 12.6. The first-order valence-electron chi connectivity index (χ1n) is 8.90. The van der Waals surface area contributed by atoms with Gasteiger partial charge < -0.3 is 10.3 Å². The summed E-state index contributed by atoms with van der Waals surface area (Å²) in [7, 11) is -3.68. The topological polar surface area (TPSA) is 120 Å². The lowest BCUT2D eigenvalue weighted by Gasteiger charge is -2.12. The van der Waals surface area contributed by atoms with Crippen LogP contribution in [0.4, 0.5) is 11.5 Å². The van der Waals surface area contributed by atoms with E-state index in [-0.39, 0.29) is 27.4 Å². The fourth-order valence-electron chi connectivity index (χ4n) is 3.07. The molecule has 158 valence electrons. The second kappa shape index (κ2) is 8.18. The van der Waals surface area contributed by atoms with Crippen LogP contribution in [0.25, 0.3) is 16.7 Å². The Morgan fingerprint density at radius 1 is 1.00 bits per heavy atom. The summed E-state index contributed by atoms with van der Waals surface area (Å²) in [6.07, 6.45) is 2.85. The molecule has 2 aromatic heterocycles. The largest absolute Gasteiger partial charge is 0.383 e. The molecule has 0 amide bonds. The first-order chi connectivity index (χ1) is 14.7. The number of fused-ring (bicyclic) bond motifs is 1. The number of halogens is 2. The van der Waals surface area contributed by atoms with Crippen molar-refractivity contribution in [3.05, 3.63) is 86.9 Å². The van der Waals surface area contributed by atoms with Gasteiger partial charge in [0.2, 0.25) is 10.0 Å². The van der Waals surface area contributed by atoms with Crippen LogP contribution in [0, 0.1) is 0 Å². The fraction of sp³-hybridized carbons (Fsp3) is 0.0500. The van der Waals surface area contributed by atoms with Gasteiger partial charge in [-0.1, -0.05) is 29.3 Å². The van der Waals surface area contributed by atoms with E-state index in [1.165, 1.54) is 18.5 Å². The molecular formula is C20H15Cl2N5O3S. The van der Waals surface area contributed by atoms with Gasteiger partial charge in [-0.25, -0.2) is 18.4 Å². The van der Waals surface area contributed by atoms with Crippen LogP contribution in [0.3, 0.4) is 0 Å². The fourth-order valence-corrected chi connectivity index (χ4v) is 4.57. The molecule has 4 aromatic rings. The van der Waals surface area contributed by atoms with Crippen molar-refractivity contribution in [2.24, 2.45) is 0 Å². The predicted molar refractivity (Wildman–Crippen MR) is 122 cm³/mol. The molecule has 0 fully saturated rings. The lowest BCUT2D eigenvalue weighted by atomic mass is 10.2. The molecule has 8 nitrogen and oxygen atoms in total. The van der Waals surface area contributed by atoms with Crippen LogP contribution in [-0.2, 0) is 15.8 Å². The molecule has 0 radical (unpaired) electrons. The van der Waals surface area contributed by atoms with Crippen LogP contribution >= 0.6 is 23.2 Å². The van der Waals surface area contributed by atoms with Crippen molar-refractivity contribution in [1.29, 1.82) is 0 Å². The zero-order chi connectivity index (χ0) is 22.2. The van der Waals surface area contributed by atoms with E-state index < -0.39 is 10.0 Å². The number of hydrogen-bond donors (Lipinski definition) is 2. The number of benzene rings is 2. The maximum Gasteiger partial charge on any atom is 0.236 e. The summed E-state index contributed by atoms with van der Waals surface area (Å²) in [4.78, 5) is 20.1. The predicted octanol–water partition coefficient (Wildman–Crippen LogP) is 3.61. The highest BCUT2D eigenvalue weighted by molar-refractivity contribution is 7.91. The smallest absolute Gasteiger partial charge is 0.236 e. The minimum Gasteiger partial charge on any atom is -0.383 e. The maximum atomic E-state index is 12.5. The number of hydrogen-bond acceptors (Lipinski definition) is 6. The number of nitrogens with zero attached hydrogens (tertiary/aromatic N) is 3. The first-order valence-corrected chi connectivity index (χ1v) is 11.3. The Bertz CT molecular complexity index is 1450. The number of nitrogens with one attached hydrogen (secondary N) is 1. The van der Waals surface area contributed by atoms with Gasteiger partial charge in [-0.05, 0) is 42.0 Å². The van der Waals surface area contributed by atoms with E-state index in [1.54, 1.807) is 47.2 Å². The van der Waals surface area contributed by atoms with Crippen molar-refractivity contribution in [3.63, 3.8) is 0 Å². The standard InChI is InChI=1S/C20H15Cl2N5O3S/c21-15-6-1-12(9-16(15)22)10-31(29,30)26-13-2-4-14(5-3-13)27-8-7-17(28)18-19(23)24-11-25-20(18)27/h1-9,11,26H,10H2,(H2,23,24,25). The highest BCUT2D eigenvalue weighted by Gasteiger charge is 2.14. The lowest BCUT2D eigenvalue weighted by Crippen LogP contribution is -2.15. The molecule has 0 aliphatic heterocycles. The summed E-state index contributed by atoms with van der Waals surface area (Å²) >= 11 is 11.8. The molecular weight excluding hydrogens is 461 g/mol. The average Bonchev–Trinajstić information content (AvgIpc) is 2.71. The molecule has 4 rings (SSSR count). The molecule has 11 heteroatoms. The van der Waals surface area contributed by atoms with E-state index in [0.717, 1.165) is 0 Å². The third-order valence-electron chi connectivity index (χ3n) is 4.47. The third-order valence-corrected chi connectivity index (χ3v) is 6.46. The van der Waals surface area contributed by atoms with Gasteiger partial charge in [-0.2, -0.15) is 0 Å². The van der Waals surface area contributed by atoms with Gasteiger partial charge in [0.25, 0.3) is 0 Å². The Kier molecular flexibility index (Phi) is 5.57. The van der Waals surface area contributed by atoms with Crippen LogP contribution in [0.5, 0.6) is 0 Å². The Hall–Kier alpha value is -3.14. The van der Waals surface area contributed by atoms with E-state index >= 15 is 0 Å². The van der Waals surface area contributed by atoms with E-state index in [0.29, 0.717) is 27.6 Å². The van der Waals surface area contributed by atoms with Crippen LogP contribution < -0.4 is 15.9 Å². The van der Waals surface area contributed by atoms with Crippen molar-refractivity contribution in [3.8, 4) is 5.69 Å². The van der Waals surface area contributed by atoms with E-state index in [9.17, 15) is 13.2 Å². The molecule has 31 heavy (non-hydrogen) atoms. The van der Waals surface area contributed by atoms with Crippen molar-refractivity contribution >= 4 is 55.8 Å². The van der Waals surface area contributed by atoms with Gasteiger partial charge in [0, 0.05) is 23.6 Å². The van der Waals surface area contributed by atoms with Gasteiger partial charge in [0.15, 0.2) is 11.1 Å². The lowest BCUT2D eigenvalue weighted by molar-refractivity contribution is 0.600.